The number of nitrogens with zero attached hydrogens (tertiary/aromatic N) is 2. The molecule has 23 heavy (non-hydrogen) atoms. The van der Waals surface area contributed by atoms with Gasteiger partial charge in [0.05, 0.1) is 10.8 Å². The van der Waals surface area contributed by atoms with Crippen molar-refractivity contribution in [2.75, 3.05) is 13.1 Å². The summed E-state index contributed by atoms with van der Waals surface area (Å²) in [4.78, 5) is 20.2. The molecule has 0 spiro atoms. The molecule has 1 fully saturated rings. The lowest BCUT2D eigenvalue weighted by Gasteiger charge is -2.33. The van der Waals surface area contributed by atoms with Crippen molar-refractivity contribution < 1.29 is 27.6 Å². The van der Waals surface area contributed by atoms with Gasteiger partial charge in [0.2, 0.25) is 0 Å². The lowest BCUT2D eigenvalue weighted by atomic mass is 9.92. The van der Waals surface area contributed by atoms with E-state index in [1.54, 1.807) is 6.92 Å². The highest BCUT2D eigenvalue weighted by Gasteiger charge is 2.40. The summed E-state index contributed by atoms with van der Waals surface area (Å²) in [5, 5.41) is 20.1. The van der Waals surface area contributed by atoms with Gasteiger partial charge >= 0.3 is 5.97 Å². The summed E-state index contributed by atoms with van der Waals surface area (Å²) in [5.74, 6) is -3.58. The molecule has 2 unspecified atom stereocenters. The van der Waals surface area contributed by atoms with Crippen LogP contribution in [-0.2, 0) is 14.8 Å². The third kappa shape index (κ3) is 3.32. The first-order valence-corrected chi connectivity index (χ1v) is 8.24. The molecule has 1 aromatic rings. The van der Waals surface area contributed by atoms with Crippen molar-refractivity contribution in [3.63, 3.8) is 0 Å². The van der Waals surface area contributed by atoms with Gasteiger partial charge in [-0.05, 0) is 18.4 Å². The van der Waals surface area contributed by atoms with Gasteiger partial charge in [0.15, 0.2) is 4.90 Å². The topological polar surface area (TPSA) is 118 Å². The highest BCUT2D eigenvalue weighted by Crippen LogP contribution is 2.32. The van der Waals surface area contributed by atoms with E-state index in [0.29, 0.717) is 6.42 Å². The van der Waals surface area contributed by atoms with E-state index in [0.717, 1.165) is 22.5 Å². The smallest absolute Gasteiger partial charge is 0.307 e. The predicted molar refractivity (Wildman–Crippen MR) is 76.7 cm³/mol. The Hall–Kier alpha value is -2.07. The Kier molecular flexibility index (Phi) is 4.66. The van der Waals surface area contributed by atoms with E-state index >= 15 is 0 Å². The number of aliphatic carboxylic acids is 1. The average molecular weight is 346 g/mol. The minimum atomic E-state index is -4.51. The van der Waals surface area contributed by atoms with Gasteiger partial charge in [0.25, 0.3) is 15.7 Å². The number of halogens is 1. The predicted octanol–water partition coefficient (Wildman–Crippen LogP) is 1.47. The van der Waals surface area contributed by atoms with Crippen molar-refractivity contribution in [2.24, 2.45) is 11.8 Å². The third-order valence-electron chi connectivity index (χ3n) is 3.72. The van der Waals surface area contributed by atoms with Gasteiger partial charge < -0.3 is 5.11 Å². The zero-order valence-corrected chi connectivity index (χ0v) is 13.0. The molecule has 0 bridgehead atoms. The lowest BCUT2D eigenvalue weighted by molar-refractivity contribution is -0.388. The van der Waals surface area contributed by atoms with Crippen molar-refractivity contribution in [1.82, 2.24) is 4.31 Å². The molecule has 10 heteroatoms. The highest BCUT2D eigenvalue weighted by atomic mass is 32.2. The first-order valence-electron chi connectivity index (χ1n) is 6.80. The third-order valence-corrected chi connectivity index (χ3v) is 5.61. The number of carbonyl (C=O) groups is 1. The SMILES string of the molecule is CC1CC(C(=O)O)CN(S(=O)(=O)c2c(F)cccc2[N+](=O)[O-])C1. The van der Waals surface area contributed by atoms with Gasteiger partial charge in [-0.25, -0.2) is 12.8 Å². The van der Waals surface area contributed by atoms with Crippen LogP contribution in [0.1, 0.15) is 13.3 Å². The Morgan fingerprint density at radius 1 is 1.43 bits per heavy atom. The molecule has 1 saturated heterocycles. The molecule has 1 N–H and O–H groups in total. The number of rotatable bonds is 4. The maximum absolute atomic E-state index is 14.0. The standard InChI is InChI=1S/C13H15FN2O6S/c1-8-5-9(13(17)18)7-15(6-8)23(21,22)12-10(14)3-2-4-11(12)16(19)20/h2-4,8-9H,5-7H2,1H3,(H,17,18). The molecule has 0 radical (unpaired) electrons. The summed E-state index contributed by atoms with van der Waals surface area (Å²) in [7, 11) is -4.51. The number of piperidine rings is 1. The Morgan fingerprint density at radius 3 is 2.65 bits per heavy atom. The Balaban J connectivity index is 2.50. The second-order valence-electron chi connectivity index (χ2n) is 5.54. The fourth-order valence-corrected chi connectivity index (χ4v) is 4.51. The molecule has 2 atom stereocenters. The zero-order valence-electron chi connectivity index (χ0n) is 12.2. The fourth-order valence-electron chi connectivity index (χ4n) is 2.70. The van der Waals surface area contributed by atoms with E-state index in [9.17, 15) is 27.7 Å². The minimum absolute atomic E-state index is 0.0163. The second kappa shape index (κ2) is 6.20. The van der Waals surface area contributed by atoms with Crippen molar-refractivity contribution in [3.05, 3.63) is 34.1 Å². The fraction of sp³-hybridized carbons (Fsp3) is 0.462. The molecular formula is C13H15FN2O6S. The van der Waals surface area contributed by atoms with Crippen LogP contribution in [0.4, 0.5) is 10.1 Å². The number of hydrogen-bond acceptors (Lipinski definition) is 5. The highest BCUT2D eigenvalue weighted by molar-refractivity contribution is 7.89. The number of sulfonamides is 1. The van der Waals surface area contributed by atoms with E-state index in [4.69, 9.17) is 5.11 Å². The molecule has 0 aromatic heterocycles. The normalized spacial score (nSPS) is 22.7. The van der Waals surface area contributed by atoms with Crippen LogP contribution in [-0.4, -0.2) is 41.8 Å². The average Bonchev–Trinajstić information content (AvgIpc) is 2.45. The van der Waals surface area contributed by atoms with Gasteiger partial charge in [-0.3, -0.25) is 14.9 Å². The summed E-state index contributed by atoms with van der Waals surface area (Å²) in [5.41, 5.74) is -0.866. The Morgan fingerprint density at radius 2 is 2.09 bits per heavy atom. The number of nitro groups is 1. The van der Waals surface area contributed by atoms with E-state index in [1.807, 2.05) is 0 Å². The summed E-state index contributed by atoms with van der Waals surface area (Å²) < 4.78 is 40.1. The first-order chi connectivity index (χ1) is 10.6. The molecule has 2 rings (SSSR count). The van der Waals surface area contributed by atoms with Crippen LogP contribution >= 0.6 is 0 Å². The van der Waals surface area contributed by atoms with Crippen molar-refractivity contribution in [3.8, 4) is 0 Å². The van der Waals surface area contributed by atoms with E-state index in [1.165, 1.54) is 0 Å². The van der Waals surface area contributed by atoms with Crippen molar-refractivity contribution in [1.29, 1.82) is 0 Å². The zero-order chi connectivity index (χ0) is 17.4. The Labute approximate surface area is 131 Å². The van der Waals surface area contributed by atoms with Gasteiger partial charge in [0.1, 0.15) is 5.82 Å². The van der Waals surface area contributed by atoms with Crippen LogP contribution in [0.2, 0.25) is 0 Å². The van der Waals surface area contributed by atoms with Gasteiger partial charge in [-0.15, -0.1) is 0 Å². The lowest BCUT2D eigenvalue weighted by Crippen LogP contribution is -2.45. The number of benzene rings is 1. The molecule has 0 amide bonds. The molecule has 1 aromatic carbocycles. The largest absolute Gasteiger partial charge is 0.481 e. The van der Waals surface area contributed by atoms with Crippen molar-refractivity contribution in [2.45, 2.75) is 18.2 Å². The maximum atomic E-state index is 14.0. The van der Waals surface area contributed by atoms with Crippen LogP contribution in [0.15, 0.2) is 23.1 Å². The second-order valence-corrected chi connectivity index (χ2v) is 7.42. The van der Waals surface area contributed by atoms with Gasteiger partial charge in [0, 0.05) is 19.2 Å². The number of hydrogen-bond donors (Lipinski definition) is 1. The number of nitro benzene ring substituents is 1. The van der Waals surface area contributed by atoms with Gasteiger partial charge in [-0.1, -0.05) is 13.0 Å². The quantitative estimate of drug-likeness (QED) is 0.651. The molecule has 1 heterocycles. The van der Waals surface area contributed by atoms with E-state index in [-0.39, 0.29) is 19.0 Å². The molecule has 8 nitrogen and oxygen atoms in total. The summed E-state index contributed by atoms with van der Waals surface area (Å²) >= 11 is 0. The van der Waals surface area contributed by atoms with E-state index < -0.39 is 43.2 Å². The molecule has 0 saturated carbocycles. The summed E-state index contributed by atoms with van der Waals surface area (Å²) in [6.45, 7) is 1.32. The van der Waals surface area contributed by atoms with Crippen molar-refractivity contribution >= 4 is 21.7 Å². The Bertz CT molecular complexity index is 751. The molecule has 0 aliphatic carbocycles. The van der Waals surface area contributed by atoms with Crippen LogP contribution in [0.3, 0.4) is 0 Å². The molecular weight excluding hydrogens is 331 g/mol. The van der Waals surface area contributed by atoms with Crippen LogP contribution < -0.4 is 0 Å². The van der Waals surface area contributed by atoms with Gasteiger partial charge in [-0.2, -0.15) is 4.31 Å². The molecule has 1 aliphatic rings. The minimum Gasteiger partial charge on any atom is -0.481 e. The number of carboxylic acids is 1. The van der Waals surface area contributed by atoms with Crippen LogP contribution in [0, 0.1) is 27.8 Å². The van der Waals surface area contributed by atoms with Crippen LogP contribution in [0.5, 0.6) is 0 Å². The molecule has 1 aliphatic heterocycles. The van der Waals surface area contributed by atoms with Crippen LogP contribution in [0.25, 0.3) is 0 Å². The summed E-state index contributed by atoms with van der Waals surface area (Å²) in [6.07, 6.45) is 0.292. The summed E-state index contributed by atoms with van der Waals surface area (Å²) in [6, 6.07) is 2.77. The first kappa shape index (κ1) is 17.3. The molecule has 126 valence electrons. The monoisotopic (exact) mass is 346 g/mol. The number of carboxylic acid groups (broad SMARTS) is 1. The maximum Gasteiger partial charge on any atom is 0.307 e. The van der Waals surface area contributed by atoms with E-state index in [2.05, 4.69) is 0 Å².